The van der Waals surface area contributed by atoms with Gasteiger partial charge in [-0.15, -0.1) is 0 Å². The summed E-state index contributed by atoms with van der Waals surface area (Å²) in [5.74, 6) is 0.748. The van der Waals surface area contributed by atoms with Crippen LogP contribution >= 0.6 is 0 Å². The summed E-state index contributed by atoms with van der Waals surface area (Å²) in [6.07, 6.45) is 5.51. The Kier molecular flexibility index (Phi) is 7.51. The number of carboxylic acids is 1. The number of aromatic nitrogens is 2. The van der Waals surface area contributed by atoms with Crippen LogP contribution in [0.15, 0.2) is 42.0 Å². The molecule has 1 aromatic heterocycles. The van der Waals surface area contributed by atoms with Crippen LogP contribution in [0, 0.1) is 5.92 Å². The molecule has 1 fully saturated rings. The first-order valence-electron chi connectivity index (χ1n) is 13.5. The largest absolute Gasteiger partial charge is 0.489 e. The minimum absolute atomic E-state index is 0.214. The number of carboxylic acid groups (broad SMARTS) is 1. The summed E-state index contributed by atoms with van der Waals surface area (Å²) in [6.45, 7) is 10.1. The zero-order valence-electron chi connectivity index (χ0n) is 22.1. The molecule has 0 amide bonds. The number of ether oxygens (including phenoxy) is 2. The molecule has 5 rings (SSSR count). The van der Waals surface area contributed by atoms with E-state index in [1.165, 1.54) is 16.5 Å². The van der Waals surface area contributed by atoms with Crippen LogP contribution in [0.4, 0.5) is 0 Å². The van der Waals surface area contributed by atoms with Crippen molar-refractivity contribution >= 4 is 22.9 Å². The van der Waals surface area contributed by atoms with E-state index in [4.69, 9.17) is 14.6 Å². The predicted molar refractivity (Wildman–Crippen MR) is 145 cm³/mol. The van der Waals surface area contributed by atoms with E-state index >= 15 is 0 Å². The molecule has 3 aromatic rings. The molecule has 2 aromatic carbocycles. The van der Waals surface area contributed by atoms with Gasteiger partial charge in [0, 0.05) is 29.6 Å². The van der Waals surface area contributed by atoms with Crippen molar-refractivity contribution in [3.63, 3.8) is 0 Å². The van der Waals surface area contributed by atoms with E-state index in [0.29, 0.717) is 25.7 Å². The van der Waals surface area contributed by atoms with Crippen LogP contribution in [-0.2, 0) is 17.8 Å². The van der Waals surface area contributed by atoms with Crippen LogP contribution in [0.5, 0.6) is 11.5 Å². The van der Waals surface area contributed by atoms with Crippen LogP contribution in [-0.4, -0.2) is 52.0 Å². The number of aliphatic carboxylic acids is 1. The van der Waals surface area contributed by atoms with Crippen LogP contribution < -0.4 is 9.47 Å². The zero-order chi connectivity index (χ0) is 25.9. The van der Waals surface area contributed by atoms with Crippen molar-refractivity contribution < 1.29 is 19.4 Å². The number of carbonyl (C=O) groups is 1. The average molecular weight is 504 g/mol. The van der Waals surface area contributed by atoms with Crippen LogP contribution in [0.2, 0.25) is 0 Å². The van der Waals surface area contributed by atoms with Gasteiger partial charge < -0.3 is 14.6 Å². The minimum Gasteiger partial charge on any atom is -0.489 e. The van der Waals surface area contributed by atoms with Crippen molar-refractivity contribution in [2.45, 2.75) is 59.1 Å². The highest BCUT2D eigenvalue weighted by Crippen LogP contribution is 2.32. The van der Waals surface area contributed by atoms with Gasteiger partial charge in [-0.3, -0.25) is 14.4 Å². The third kappa shape index (κ3) is 5.67. The number of aryl methyl sites for hydroxylation is 1. The minimum atomic E-state index is -0.664. The molecule has 0 bridgehead atoms. The van der Waals surface area contributed by atoms with Gasteiger partial charge in [-0.05, 0) is 94.1 Å². The molecule has 3 heterocycles. The van der Waals surface area contributed by atoms with Crippen molar-refractivity contribution in [3.8, 4) is 11.5 Å². The molecule has 0 saturated carbocycles. The Hall–Kier alpha value is -3.32. The third-order valence-corrected chi connectivity index (χ3v) is 7.43. The summed E-state index contributed by atoms with van der Waals surface area (Å²) in [6, 6.07) is 12.8. The Morgan fingerprint density at radius 3 is 2.84 bits per heavy atom. The summed E-state index contributed by atoms with van der Waals surface area (Å²) in [5, 5.41) is 15.3. The molecule has 1 atom stereocenters. The highest BCUT2D eigenvalue weighted by Gasteiger charge is 2.23. The van der Waals surface area contributed by atoms with E-state index in [-0.39, 0.29) is 5.92 Å². The van der Waals surface area contributed by atoms with E-state index in [2.05, 4.69) is 60.7 Å². The number of benzene rings is 2. The second-order valence-corrected chi connectivity index (χ2v) is 10.5. The predicted octanol–water partition coefficient (Wildman–Crippen LogP) is 5.72. The van der Waals surface area contributed by atoms with E-state index in [1.54, 1.807) is 0 Å². The SMILES string of the molecule is CCc1nn(C(C)C)c2ccc(COc3ccc4c(c3)OCC(CN3CCCC(C(=O)O)CC3)=C4)cc12. The van der Waals surface area contributed by atoms with Gasteiger partial charge in [0.25, 0.3) is 0 Å². The van der Waals surface area contributed by atoms with E-state index in [9.17, 15) is 9.90 Å². The second-order valence-electron chi connectivity index (χ2n) is 10.5. The van der Waals surface area contributed by atoms with Gasteiger partial charge in [0.05, 0.1) is 17.1 Å². The van der Waals surface area contributed by atoms with Crippen molar-refractivity contribution in [2.75, 3.05) is 26.2 Å². The van der Waals surface area contributed by atoms with Crippen molar-refractivity contribution in [1.82, 2.24) is 14.7 Å². The molecule has 196 valence electrons. The Labute approximate surface area is 218 Å². The molecule has 37 heavy (non-hydrogen) atoms. The fraction of sp³-hybridized carbons (Fsp3) is 0.467. The molecule has 1 saturated heterocycles. The maximum absolute atomic E-state index is 11.3. The molecule has 7 heteroatoms. The fourth-order valence-electron chi connectivity index (χ4n) is 5.38. The first-order chi connectivity index (χ1) is 17.9. The van der Waals surface area contributed by atoms with Gasteiger partial charge in [-0.1, -0.05) is 13.0 Å². The molecule has 2 aliphatic rings. The first-order valence-corrected chi connectivity index (χ1v) is 13.5. The van der Waals surface area contributed by atoms with Gasteiger partial charge >= 0.3 is 5.97 Å². The number of rotatable bonds is 8. The lowest BCUT2D eigenvalue weighted by Gasteiger charge is -2.25. The maximum atomic E-state index is 11.3. The molecule has 1 N–H and O–H groups in total. The topological polar surface area (TPSA) is 76.8 Å². The second kappa shape index (κ2) is 11.0. The van der Waals surface area contributed by atoms with Crippen LogP contribution in [0.1, 0.15) is 62.9 Å². The van der Waals surface area contributed by atoms with E-state index in [1.807, 2.05) is 12.1 Å². The van der Waals surface area contributed by atoms with Gasteiger partial charge in [-0.25, -0.2) is 0 Å². The standard InChI is InChI=1S/C30H37N3O4/c1-4-27-26-15-21(7-10-28(26)33(31-27)20(2)3)18-36-25-9-8-24-14-22(19-37-29(24)16-25)17-32-12-5-6-23(11-13-32)30(34)35/h7-10,14-16,20,23H,4-6,11-13,17-19H2,1-3H3,(H,34,35). The molecule has 0 radical (unpaired) electrons. The highest BCUT2D eigenvalue weighted by atomic mass is 16.5. The van der Waals surface area contributed by atoms with Crippen molar-refractivity contribution in [2.24, 2.45) is 5.92 Å². The summed E-state index contributed by atoms with van der Waals surface area (Å²) < 4.78 is 14.3. The number of fused-ring (bicyclic) bond motifs is 2. The summed E-state index contributed by atoms with van der Waals surface area (Å²) in [5.41, 5.74) is 5.69. The maximum Gasteiger partial charge on any atom is 0.306 e. The quantitative estimate of drug-likeness (QED) is 0.424. The van der Waals surface area contributed by atoms with Crippen molar-refractivity contribution in [3.05, 3.63) is 58.8 Å². The van der Waals surface area contributed by atoms with E-state index < -0.39 is 5.97 Å². The molecule has 0 aliphatic carbocycles. The van der Waals surface area contributed by atoms with E-state index in [0.717, 1.165) is 67.2 Å². The summed E-state index contributed by atoms with van der Waals surface area (Å²) >= 11 is 0. The number of hydrogen-bond acceptors (Lipinski definition) is 5. The van der Waals surface area contributed by atoms with Gasteiger partial charge in [0.1, 0.15) is 24.7 Å². The number of likely N-dealkylation sites (tertiary alicyclic amines) is 1. The normalized spacial score (nSPS) is 18.3. The fourth-order valence-corrected chi connectivity index (χ4v) is 5.38. The smallest absolute Gasteiger partial charge is 0.306 e. The third-order valence-electron chi connectivity index (χ3n) is 7.43. The average Bonchev–Trinajstić information content (AvgIpc) is 3.10. The Bertz CT molecular complexity index is 1310. The Morgan fingerprint density at radius 2 is 2.05 bits per heavy atom. The number of hydrogen-bond donors (Lipinski definition) is 1. The molecule has 0 spiro atoms. The summed E-state index contributed by atoms with van der Waals surface area (Å²) in [7, 11) is 0. The molecule has 1 unspecified atom stereocenters. The van der Waals surface area contributed by atoms with Gasteiger partial charge in [0.2, 0.25) is 0 Å². The molecule has 7 nitrogen and oxygen atoms in total. The van der Waals surface area contributed by atoms with Gasteiger partial charge in [-0.2, -0.15) is 5.10 Å². The lowest BCUT2D eigenvalue weighted by molar-refractivity contribution is -0.142. The summed E-state index contributed by atoms with van der Waals surface area (Å²) in [4.78, 5) is 13.7. The molecular formula is C30H37N3O4. The monoisotopic (exact) mass is 503 g/mol. The zero-order valence-corrected chi connectivity index (χ0v) is 22.1. The molecule has 2 aliphatic heterocycles. The Balaban J connectivity index is 1.22. The molecular weight excluding hydrogens is 466 g/mol. The van der Waals surface area contributed by atoms with Crippen molar-refractivity contribution in [1.29, 1.82) is 0 Å². The Morgan fingerprint density at radius 1 is 1.19 bits per heavy atom. The number of nitrogens with zero attached hydrogens (tertiary/aromatic N) is 3. The lowest BCUT2D eigenvalue weighted by Crippen LogP contribution is -2.29. The van der Waals surface area contributed by atoms with Crippen LogP contribution in [0.3, 0.4) is 0 Å². The highest BCUT2D eigenvalue weighted by molar-refractivity contribution is 5.83. The van der Waals surface area contributed by atoms with Gasteiger partial charge in [0.15, 0.2) is 0 Å². The lowest BCUT2D eigenvalue weighted by atomic mass is 10.0. The first kappa shape index (κ1) is 25.3. The van der Waals surface area contributed by atoms with Crippen LogP contribution in [0.25, 0.3) is 17.0 Å².